The number of nitrogens with zero attached hydrogens (tertiary/aromatic N) is 3. The minimum atomic E-state index is 0.0162. The summed E-state index contributed by atoms with van der Waals surface area (Å²) in [4.78, 5) is 22.2. The summed E-state index contributed by atoms with van der Waals surface area (Å²) < 4.78 is 11.4. The second kappa shape index (κ2) is 9.43. The second-order valence-corrected chi connectivity index (χ2v) is 8.38. The van der Waals surface area contributed by atoms with Gasteiger partial charge in [-0.15, -0.1) is 0 Å². The van der Waals surface area contributed by atoms with Crippen molar-refractivity contribution in [2.24, 2.45) is 0 Å². The van der Waals surface area contributed by atoms with Crippen molar-refractivity contribution in [1.82, 2.24) is 9.88 Å². The molecule has 0 atom stereocenters. The normalized spacial score (nSPS) is 13.7. The Kier molecular flexibility index (Phi) is 6.04. The van der Waals surface area contributed by atoms with Crippen LogP contribution in [-0.4, -0.2) is 49.1 Å². The molecule has 2 heterocycles. The third kappa shape index (κ3) is 4.39. The summed E-state index contributed by atoms with van der Waals surface area (Å²) in [6.07, 6.45) is 0. The number of carbonyl (C=O) groups is 1. The quantitative estimate of drug-likeness (QED) is 0.410. The molecular formula is C28H27N3O3. The number of hydrogen-bond acceptors (Lipinski definition) is 5. The first-order chi connectivity index (χ1) is 16.6. The number of amides is 1. The molecule has 1 saturated heterocycles. The van der Waals surface area contributed by atoms with E-state index in [4.69, 9.17) is 14.5 Å². The largest absolute Gasteiger partial charge is 0.494 e. The van der Waals surface area contributed by atoms with Gasteiger partial charge < -0.3 is 19.3 Å². The van der Waals surface area contributed by atoms with Gasteiger partial charge in [0, 0.05) is 37.1 Å². The maximum absolute atomic E-state index is 13.2. The molecule has 0 unspecified atom stereocenters. The number of hydrogen-bond donors (Lipinski definition) is 0. The fourth-order valence-corrected chi connectivity index (χ4v) is 4.34. The van der Waals surface area contributed by atoms with Gasteiger partial charge in [0.05, 0.1) is 7.11 Å². The Bertz CT molecular complexity index is 1320. The molecule has 0 bridgehead atoms. The van der Waals surface area contributed by atoms with E-state index < -0.39 is 0 Å². The molecule has 1 aliphatic rings. The maximum atomic E-state index is 13.2. The highest BCUT2D eigenvalue weighted by atomic mass is 16.5. The number of aryl methyl sites for hydroxylation is 1. The molecule has 1 amide bonds. The summed E-state index contributed by atoms with van der Waals surface area (Å²) in [5.41, 5.74) is 2.66. The Balaban J connectivity index is 1.28. The number of carbonyl (C=O) groups excluding carboxylic acids is 1. The maximum Gasteiger partial charge on any atom is 0.254 e. The molecule has 6 nitrogen and oxygen atoms in total. The highest BCUT2D eigenvalue weighted by Crippen LogP contribution is 2.30. The van der Waals surface area contributed by atoms with E-state index in [0.717, 1.165) is 46.9 Å². The van der Waals surface area contributed by atoms with Crippen LogP contribution in [0, 0.1) is 6.92 Å². The molecule has 172 valence electrons. The van der Waals surface area contributed by atoms with Crippen LogP contribution in [0.1, 0.15) is 15.9 Å². The lowest BCUT2D eigenvalue weighted by molar-refractivity contribution is 0.0746. The SMILES string of the molecule is COc1cccc2c(C)cc(N3CCN(C(=O)c4cccc(Oc5ccccc5)c4)CC3)nc12. The van der Waals surface area contributed by atoms with Gasteiger partial charge in [0.25, 0.3) is 5.91 Å². The number of piperazine rings is 1. The second-order valence-electron chi connectivity index (χ2n) is 8.38. The molecule has 0 N–H and O–H groups in total. The summed E-state index contributed by atoms with van der Waals surface area (Å²) in [6, 6.07) is 25.0. The van der Waals surface area contributed by atoms with Crippen molar-refractivity contribution in [3.8, 4) is 17.2 Å². The van der Waals surface area contributed by atoms with Gasteiger partial charge in [-0.05, 0) is 55.0 Å². The lowest BCUT2D eigenvalue weighted by Crippen LogP contribution is -2.49. The highest BCUT2D eigenvalue weighted by molar-refractivity contribution is 5.95. The van der Waals surface area contributed by atoms with Crippen molar-refractivity contribution in [3.63, 3.8) is 0 Å². The molecule has 1 fully saturated rings. The number of benzene rings is 3. The lowest BCUT2D eigenvalue weighted by atomic mass is 10.1. The number of fused-ring (bicyclic) bond motifs is 1. The third-order valence-corrected chi connectivity index (χ3v) is 6.17. The molecule has 34 heavy (non-hydrogen) atoms. The molecule has 0 aliphatic carbocycles. The summed E-state index contributed by atoms with van der Waals surface area (Å²) in [5, 5.41) is 1.09. The predicted molar refractivity (Wildman–Crippen MR) is 134 cm³/mol. The van der Waals surface area contributed by atoms with Gasteiger partial charge in [-0.1, -0.05) is 36.4 Å². The fourth-order valence-electron chi connectivity index (χ4n) is 4.34. The first-order valence-electron chi connectivity index (χ1n) is 11.4. The van der Waals surface area contributed by atoms with Crippen molar-refractivity contribution in [2.75, 3.05) is 38.2 Å². The minimum Gasteiger partial charge on any atom is -0.494 e. The topological polar surface area (TPSA) is 54.9 Å². The fraction of sp³-hybridized carbons (Fsp3) is 0.214. The zero-order chi connectivity index (χ0) is 23.5. The van der Waals surface area contributed by atoms with Crippen molar-refractivity contribution in [1.29, 1.82) is 0 Å². The molecule has 0 radical (unpaired) electrons. The van der Waals surface area contributed by atoms with E-state index in [1.165, 1.54) is 0 Å². The van der Waals surface area contributed by atoms with Gasteiger partial charge >= 0.3 is 0 Å². The monoisotopic (exact) mass is 453 g/mol. The van der Waals surface area contributed by atoms with E-state index in [1.54, 1.807) is 7.11 Å². The molecule has 1 aliphatic heterocycles. The van der Waals surface area contributed by atoms with E-state index >= 15 is 0 Å². The van der Waals surface area contributed by atoms with Crippen LogP contribution < -0.4 is 14.4 Å². The summed E-state index contributed by atoms with van der Waals surface area (Å²) in [5.74, 6) is 3.10. The Morgan fingerprint density at radius 3 is 2.35 bits per heavy atom. The lowest BCUT2D eigenvalue weighted by Gasteiger charge is -2.35. The van der Waals surface area contributed by atoms with Crippen LogP contribution in [-0.2, 0) is 0 Å². The Labute approximate surface area is 199 Å². The third-order valence-electron chi connectivity index (χ3n) is 6.17. The van der Waals surface area contributed by atoms with Gasteiger partial charge in [0.15, 0.2) is 0 Å². The van der Waals surface area contributed by atoms with Gasteiger partial charge in [-0.2, -0.15) is 0 Å². The van der Waals surface area contributed by atoms with E-state index in [9.17, 15) is 4.79 Å². The summed E-state index contributed by atoms with van der Waals surface area (Å²) in [6.45, 7) is 4.80. The van der Waals surface area contributed by atoms with E-state index in [1.807, 2.05) is 71.6 Å². The van der Waals surface area contributed by atoms with Crippen molar-refractivity contribution in [2.45, 2.75) is 6.92 Å². The van der Waals surface area contributed by atoms with Gasteiger partial charge in [-0.3, -0.25) is 4.79 Å². The first kappa shape index (κ1) is 21.8. The first-order valence-corrected chi connectivity index (χ1v) is 11.4. The molecule has 4 aromatic rings. The smallest absolute Gasteiger partial charge is 0.254 e. The predicted octanol–water partition coefficient (Wildman–Crippen LogP) is 5.31. The Hall–Kier alpha value is -4.06. The zero-order valence-electron chi connectivity index (χ0n) is 19.4. The van der Waals surface area contributed by atoms with Crippen LogP contribution in [0.3, 0.4) is 0 Å². The number of methoxy groups -OCH3 is 1. The van der Waals surface area contributed by atoms with Gasteiger partial charge in [0.2, 0.25) is 0 Å². The minimum absolute atomic E-state index is 0.0162. The number of pyridine rings is 1. The molecule has 3 aromatic carbocycles. The standard InChI is InChI=1S/C28H27N3O3/c1-20-18-26(29-27-24(20)12-7-13-25(27)33-2)30-14-16-31(17-15-30)28(32)21-8-6-11-23(19-21)34-22-9-4-3-5-10-22/h3-13,18-19H,14-17H2,1-2H3. The average Bonchev–Trinajstić information content (AvgIpc) is 2.89. The van der Waals surface area contributed by atoms with Crippen LogP contribution in [0.5, 0.6) is 17.2 Å². The van der Waals surface area contributed by atoms with Crippen molar-refractivity contribution < 1.29 is 14.3 Å². The number of rotatable bonds is 5. The molecule has 1 aromatic heterocycles. The van der Waals surface area contributed by atoms with E-state index in [-0.39, 0.29) is 5.91 Å². The molecular weight excluding hydrogens is 426 g/mol. The van der Waals surface area contributed by atoms with Gasteiger partial charge in [-0.25, -0.2) is 4.98 Å². The molecule has 6 heteroatoms. The van der Waals surface area contributed by atoms with E-state index in [0.29, 0.717) is 24.4 Å². The summed E-state index contributed by atoms with van der Waals surface area (Å²) >= 11 is 0. The molecule has 5 rings (SSSR count). The number of para-hydroxylation sites is 2. The Morgan fingerprint density at radius 1 is 0.853 bits per heavy atom. The van der Waals surface area contributed by atoms with Crippen LogP contribution >= 0.6 is 0 Å². The Morgan fingerprint density at radius 2 is 1.59 bits per heavy atom. The zero-order valence-corrected chi connectivity index (χ0v) is 19.4. The van der Waals surface area contributed by atoms with Crippen LogP contribution in [0.4, 0.5) is 5.82 Å². The highest BCUT2D eigenvalue weighted by Gasteiger charge is 2.24. The number of aromatic nitrogens is 1. The van der Waals surface area contributed by atoms with Crippen LogP contribution in [0.2, 0.25) is 0 Å². The molecule has 0 saturated carbocycles. The van der Waals surface area contributed by atoms with Crippen LogP contribution in [0.15, 0.2) is 78.9 Å². The van der Waals surface area contributed by atoms with Crippen molar-refractivity contribution >= 4 is 22.6 Å². The van der Waals surface area contributed by atoms with Gasteiger partial charge in [0.1, 0.15) is 28.6 Å². The molecule has 0 spiro atoms. The van der Waals surface area contributed by atoms with E-state index in [2.05, 4.69) is 24.0 Å². The number of anilines is 1. The number of ether oxygens (including phenoxy) is 2. The van der Waals surface area contributed by atoms with Crippen LogP contribution in [0.25, 0.3) is 10.9 Å². The summed E-state index contributed by atoms with van der Waals surface area (Å²) in [7, 11) is 1.67. The average molecular weight is 454 g/mol. The van der Waals surface area contributed by atoms with Crippen molar-refractivity contribution in [3.05, 3.63) is 90.0 Å².